The van der Waals surface area contributed by atoms with Crippen LogP contribution in [0, 0.1) is 5.92 Å². The Morgan fingerprint density at radius 3 is 2.80 bits per heavy atom. The van der Waals surface area contributed by atoms with Gasteiger partial charge in [0.05, 0.1) is 6.10 Å². The van der Waals surface area contributed by atoms with Crippen LogP contribution in [0.4, 0.5) is 0 Å². The fourth-order valence-corrected chi connectivity index (χ4v) is 1.96. The van der Waals surface area contributed by atoms with Crippen molar-refractivity contribution in [1.82, 2.24) is 5.32 Å². The molecule has 1 amide bonds. The zero-order chi connectivity index (χ0) is 10.7. The lowest BCUT2D eigenvalue weighted by Crippen LogP contribution is -2.44. The summed E-state index contributed by atoms with van der Waals surface area (Å²) < 4.78 is 0. The molecule has 0 bridgehead atoms. The van der Waals surface area contributed by atoms with Gasteiger partial charge in [-0.15, -0.1) is 0 Å². The van der Waals surface area contributed by atoms with Gasteiger partial charge in [-0.3, -0.25) is 4.79 Å². The molecule has 1 aromatic carbocycles. The second kappa shape index (κ2) is 4.45. The monoisotopic (exact) mass is 205 g/mol. The van der Waals surface area contributed by atoms with E-state index in [-0.39, 0.29) is 11.8 Å². The summed E-state index contributed by atoms with van der Waals surface area (Å²) in [5.74, 6) is 0.0994. The zero-order valence-electron chi connectivity index (χ0n) is 8.52. The third-order valence-electron chi connectivity index (χ3n) is 2.84. The van der Waals surface area contributed by atoms with Gasteiger partial charge in [-0.2, -0.15) is 0 Å². The third kappa shape index (κ3) is 2.57. The van der Waals surface area contributed by atoms with Crippen molar-refractivity contribution in [3.8, 4) is 0 Å². The lowest BCUT2D eigenvalue weighted by atomic mass is 9.88. The van der Waals surface area contributed by atoms with E-state index >= 15 is 0 Å². The molecule has 1 fully saturated rings. The van der Waals surface area contributed by atoms with Crippen molar-refractivity contribution in [3.63, 3.8) is 0 Å². The van der Waals surface area contributed by atoms with Crippen molar-refractivity contribution in [1.29, 1.82) is 0 Å². The van der Waals surface area contributed by atoms with Gasteiger partial charge >= 0.3 is 0 Å². The molecule has 3 nitrogen and oxygen atoms in total. The summed E-state index contributed by atoms with van der Waals surface area (Å²) in [7, 11) is 0. The lowest BCUT2D eigenvalue weighted by Gasteiger charge is -2.27. The predicted molar refractivity (Wildman–Crippen MR) is 57.3 cm³/mol. The van der Waals surface area contributed by atoms with Crippen LogP contribution in [0.25, 0.3) is 0 Å². The van der Waals surface area contributed by atoms with Crippen LogP contribution < -0.4 is 5.32 Å². The molecular weight excluding hydrogens is 190 g/mol. The number of aliphatic hydroxyl groups is 1. The van der Waals surface area contributed by atoms with Crippen LogP contribution in [0.1, 0.15) is 12.0 Å². The Bertz CT molecular complexity index is 337. The molecule has 2 atom stereocenters. The maximum Gasteiger partial charge on any atom is 0.220 e. The lowest BCUT2D eigenvalue weighted by molar-refractivity contribution is -0.126. The van der Waals surface area contributed by atoms with Crippen molar-refractivity contribution >= 4 is 5.91 Å². The van der Waals surface area contributed by atoms with Crippen molar-refractivity contribution in [3.05, 3.63) is 35.9 Å². The predicted octanol–water partition coefficient (Wildman–Crippen LogP) is 0.726. The number of amides is 1. The summed E-state index contributed by atoms with van der Waals surface area (Å²) in [5.41, 5.74) is 1.18. The highest BCUT2D eigenvalue weighted by atomic mass is 16.3. The third-order valence-corrected chi connectivity index (χ3v) is 2.84. The summed E-state index contributed by atoms with van der Waals surface area (Å²) in [5, 5.41) is 12.4. The Morgan fingerprint density at radius 2 is 2.07 bits per heavy atom. The van der Waals surface area contributed by atoms with E-state index in [2.05, 4.69) is 5.32 Å². The van der Waals surface area contributed by atoms with E-state index in [4.69, 9.17) is 0 Å². The molecular formula is C12H15NO2. The highest BCUT2D eigenvalue weighted by Gasteiger charge is 2.27. The number of benzene rings is 1. The molecule has 15 heavy (non-hydrogen) atoms. The minimum absolute atomic E-state index is 0.0428. The Morgan fingerprint density at radius 1 is 1.33 bits per heavy atom. The first-order chi connectivity index (χ1) is 7.25. The number of aliphatic hydroxyl groups excluding tert-OH is 1. The van der Waals surface area contributed by atoms with Crippen molar-refractivity contribution in [2.45, 2.75) is 18.9 Å². The van der Waals surface area contributed by atoms with Gasteiger partial charge in [-0.05, 0) is 17.9 Å². The largest absolute Gasteiger partial charge is 0.391 e. The number of β-amino-alcohol motifs (C(OH)–C–C–N with tert-alkyl or cyclic N) is 1. The standard InChI is InChI=1S/C12H15NO2/c14-11-8-13-12(15)7-10(11)6-9-4-2-1-3-5-9/h1-5,10-11,14H,6-8H2,(H,13,15)/t10-,11+/m0/s1. The number of rotatable bonds is 2. The first-order valence-corrected chi connectivity index (χ1v) is 5.24. The summed E-state index contributed by atoms with van der Waals surface area (Å²) >= 11 is 0. The van der Waals surface area contributed by atoms with E-state index in [0.717, 1.165) is 6.42 Å². The fourth-order valence-electron chi connectivity index (χ4n) is 1.96. The van der Waals surface area contributed by atoms with Crippen LogP contribution in [-0.4, -0.2) is 23.7 Å². The van der Waals surface area contributed by atoms with Gasteiger partial charge in [0, 0.05) is 13.0 Å². The molecule has 0 spiro atoms. The molecule has 3 heteroatoms. The minimum atomic E-state index is -0.414. The Labute approximate surface area is 89.1 Å². The molecule has 0 saturated carbocycles. The summed E-state index contributed by atoms with van der Waals surface area (Å²) in [6, 6.07) is 9.97. The van der Waals surface area contributed by atoms with Crippen LogP contribution >= 0.6 is 0 Å². The molecule has 2 rings (SSSR count). The number of hydrogen-bond acceptors (Lipinski definition) is 2. The Kier molecular flexibility index (Phi) is 3.02. The van der Waals surface area contributed by atoms with Gasteiger partial charge in [0.1, 0.15) is 0 Å². The van der Waals surface area contributed by atoms with E-state index in [1.54, 1.807) is 0 Å². The van der Waals surface area contributed by atoms with Gasteiger partial charge in [0.15, 0.2) is 0 Å². The molecule has 0 aromatic heterocycles. The molecule has 0 aliphatic carbocycles. The van der Waals surface area contributed by atoms with Gasteiger partial charge in [-0.1, -0.05) is 30.3 Å². The summed E-state index contributed by atoms with van der Waals surface area (Å²) in [6.45, 7) is 0.385. The van der Waals surface area contributed by atoms with Gasteiger partial charge < -0.3 is 10.4 Å². The maximum absolute atomic E-state index is 11.2. The van der Waals surface area contributed by atoms with E-state index in [0.29, 0.717) is 13.0 Å². The quantitative estimate of drug-likeness (QED) is 0.747. The second-order valence-corrected chi connectivity index (χ2v) is 4.03. The van der Waals surface area contributed by atoms with Crippen molar-refractivity contribution in [2.24, 2.45) is 5.92 Å². The van der Waals surface area contributed by atoms with E-state index < -0.39 is 6.10 Å². The van der Waals surface area contributed by atoms with E-state index in [9.17, 15) is 9.90 Å². The molecule has 1 saturated heterocycles. The molecule has 2 N–H and O–H groups in total. The van der Waals surface area contributed by atoms with E-state index in [1.165, 1.54) is 5.56 Å². The Hall–Kier alpha value is -1.35. The summed E-state index contributed by atoms with van der Waals surface area (Å²) in [6.07, 6.45) is 0.786. The molecule has 1 aliphatic rings. The molecule has 0 unspecified atom stereocenters. The molecule has 1 heterocycles. The average molecular weight is 205 g/mol. The molecule has 80 valence electrons. The SMILES string of the molecule is O=C1C[C@H](Cc2ccccc2)[C@H](O)CN1. The fraction of sp³-hybridized carbons (Fsp3) is 0.417. The number of nitrogens with one attached hydrogen (secondary N) is 1. The highest BCUT2D eigenvalue weighted by molar-refractivity contribution is 5.77. The average Bonchev–Trinajstić information content (AvgIpc) is 2.25. The first-order valence-electron chi connectivity index (χ1n) is 5.24. The number of carbonyl (C=O) groups excluding carboxylic acids is 1. The normalized spacial score (nSPS) is 26.1. The maximum atomic E-state index is 11.2. The first kappa shape index (κ1) is 10.2. The second-order valence-electron chi connectivity index (χ2n) is 4.03. The number of hydrogen-bond donors (Lipinski definition) is 2. The number of piperidine rings is 1. The summed E-state index contributed by atoms with van der Waals surface area (Å²) in [4.78, 5) is 11.2. The molecule has 0 radical (unpaired) electrons. The minimum Gasteiger partial charge on any atom is -0.391 e. The van der Waals surface area contributed by atoms with Crippen molar-refractivity contribution < 1.29 is 9.90 Å². The van der Waals surface area contributed by atoms with Gasteiger partial charge in [-0.25, -0.2) is 0 Å². The topological polar surface area (TPSA) is 49.3 Å². The van der Waals surface area contributed by atoms with Crippen LogP contribution in [0.2, 0.25) is 0 Å². The van der Waals surface area contributed by atoms with E-state index in [1.807, 2.05) is 30.3 Å². The molecule has 1 aromatic rings. The van der Waals surface area contributed by atoms with Crippen LogP contribution in [0.5, 0.6) is 0 Å². The molecule has 1 aliphatic heterocycles. The zero-order valence-corrected chi connectivity index (χ0v) is 8.52. The highest BCUT2D eigenvalue weighted by Crippen LogP contribution is 2.18. The van der Waals surface area contributed by atoms with Crippen LogP contribution in [0.15, 0.2) is 30.3 Å². The smallest absolute Gasteiger partial charge is 0.220 e. The van der Waals surface area contributed by atoms with Crippen LogP contribution in [-0.2, 0) is 11.2 Å². The number of carbonyl (C=O) groups is 1. The van der Waals surface area contributed by atoms with Crippen molar-refractivity contribution in [2.75, 3.05) is 6.54 Å². The van der Waals surface area contributed by atoms with Gasteiger partial charge in [0.25, 0.3) is 0 Å². The van der Waals surface area contributed by atoms with Gasteiger partial charge in [0.2, 0.25) is 5.91 Å². The van der Waals surface area contributed by atoms with Crippen LogP contribution in [0.3, 0.4) is 0 Å². The Balaban J connectivity index is 2.01.